The van der Waals surface area contributed by atoms with Crippen LogP contribution in [0, 0.1) is 13.8 Å². The highest BCUT2D eigenvalue weighted by molar-refractivity contribution is 7.94. The Kier molecular flexibility index (Phi) is 6.40. The lowest BCUT2D eigenvalue weighted by atomic mass is 10.1. The van der Waals surface area contributed by atoms with Gasteiger partial charge in [0.15, 0.2) is 0 Å². The number of carbonyl (C=O) groups is 2. The molecule has 3 aromatic carbocycles. The standard InChI is InChI=1S/C25H25N3O6S/c1-16-9-12-20(17(2)13-16)28-25(30)27(21-7-5-6-8-23(21)35(28,31)32)15-24(29)26-19-11-10-18(33-3)14-22(19)34-4/h5-14H,15H2,1-4H3,(H,26,29). The largest absolute Gasteiger partial charge is 0.497 e. The number of benzene rings is 3. The second-order valence-electron chi connectivity index (χ2n) is 8.01. The highest BCUT2D eigenvalue weighted by Crippen LogP contribution is 2.38. The molecule has 4 rings (SSSR count). The van der Waals surface area contributed by atoms with Gasteiger partial charge in [0.05, 0.1) is 31.3 Å². The summed E-state index contributed by atoms with van der Waals surface area (Å²) < 4.78 is 38.2. The van der Waals surface area contributed by atoms with E-state index < -0.39 is 28.5 Å². The fourth-order valence-electron chi connectivity index (χ4n) is 3.97. The molecule has 0 bridgehead atoms. The third kappa shape index (κ3) is 4.40. The number of fused-ring (bicyclic) bond motifs is 1. The van der Waals surface area contributed by atoms with Crippen molar-refractivity contribution in [2.75, 3.05) is 35.3 Å². The summed E-state index contributed by atoms with van der Waals surface area (Å²) in [5, 5.41) is 2.72. The minimum atomic E-state index is -4.19. The Balaban J connectivity index is 1.72. The first-order valence-corrected chi connectivity index (χ1v) is 12.2. The Morgan fingerprint density at radius 1 is 0.943 bits per heavy atom. The minimum absolute atomic E-state index is 0.0607. The zero-order valence-corrected chi connectivity index (χ0v) is 20.5. The van der Waals surface area contributed by atoms with Gasteiger partial charge in [-0.2, -0.15) is 4.31 Å². The van der Waals surface area contributed by atoms with Crippen LogP contribution >= 0.6 is 0 Å². The topological polar surface area (TPSA) is 105 Å². The number of ether oxygens (including phenoxy) is 2. The van der Waals surface area contributed by atoms with E-state index in [0.29, 0.717) is 22.7 Å². The fourth-order valence-corrected chi connectivity index (χ4v) is 5.62. The SMILES string of the molecule is COc1ccc(NC(=O)CN2C(=O)N(c3ccc(C)cc3C)S(=O)(=O)c3ccccc32)c(OC)c1. The second kappa shape index (κ2) is 9.30. The molecule has 1 aliphatic heterocycles. The molecular weight excluding hydrogens is 470 g/mol. The second-order valence-corrected chi connectivity index (χ2v) is 9.77. The van der Waals surface area contributed by atoms with Crippen molar-refractivity contribution < 1.29 is 27.5 Å². The van der Waals surface area contributed by atoms with E-state index in [4.69, 9.17) is 9.47 Å². The zero-order chi connectivity index (χ0) is 25.3. The molecule has 0 unspecified atom stereocenters. The molecule has 0 fully saturated rings. The van der Waals surface area contributed by atoms with Gasteiger partial charge >= 0.3 is 6.03 Å². The first-order chi connectivity index (χ1) is 16.7. The highest BCUT2D eigenvalue weighted by Gasteiger charge is 2.43. The van der Waals surface area contributed by atoms with E-state index >= 15 is 0 Å². The number of nitrogens with zero attached hydrogens (tertiary/aromatic N) is 2. The maximum atomic E-state index is 13.6. The predicted octanol–water partition coefficient (Wildman–Crippen LogP) is 4.09. The molecule has 1 aliphatic rings. The number of rotatable bonds is 6. The van der Waals surface area contributed by atoms with Crippen LogP contribution in [0.4, 0.5) is 21.9 Å². The van der Waals surface area contributed by atoms with Gasteiger partial charge in [0.2, 0.25) is 5.91 Å². The number of anilines is 3. The Hall–Kier alpha value is -4.05. The van der Waals surface area contributed by atoms with Gasteiger partial charge in [-0.3, -0.25) is 9.69 Å². The number of para-hydroxylation sites is 1. The van der Waals surface area contributed by atoms with Gasteiger partial charge in [0.1, 0.15) is 22.9 Å². The molecule has 10 heteroatoms. The van der Waals surface area contributed by atoms with Gasteiger partial charge in [-0.15, -0.1) is 0 Å². The summed E-state index contributed by atoms with van der Waals surface area (Å²) in [6.07, 6.45) is 0. The summed E-state index contributed by atoms with van der Waals surface area (Å²) in [5.41, 5.74) is 2.30. The Morgan fingerprint density at radius 3 is 2.37 bits per heavy atom. The molecule has 9 nitrogen and oxygen atoms in total. The molecule has 1 heterocycles. The summed E-state index contributed by atoms with van der Waals surface area (Å²) in [5.74, 6) is 0.397. The average molecular weight is 496 g/mol. The van der Waals surface area contributed by atoms with Crippen LogP contribution in [0.15, 0.2) is 65.6 Å². The van der Waals surface area contributed by atoms with Gasteiger partial charge in [0, 0.05) is 6.07 Å². The van der Waals surface area contributed by atoms with Gasteiger partial charge in [-0.25, -0.2) is 13.2 Å². The van der Waals surface area contributed by atoms with E-state index in [2.05, 4.69) is 5.32 Å². The smallest absolute Gasteiger partial charge is 0.343 e. The normalized spacial score (nSPS) is 14.3. The van der Waals surface area contributed by atoms with Crippen LogP contribution in [-0.4, -0.2) is 41.1 Å². The molecule has 182 valence electrons. The molecule has 0 saturated carbocycles. The molecule has 1 N–H and O–H groups in total. The van der Waals surface area contributed by atoms with Crippen LogP contribution in [0.1, 0.15) is 11.1 Å². The number of aryl methyl sites for hydroxylation is 2. The molecule has 0 atom stereocenters. The molecule has 0 saturated heterocycles. The number of sulfonamides is 1. The van der Waals surface area contributed by atoms with Crippen molar-refractivity contribution in [3.8, 4) is 11.5 Å². The van der Waals surface area contributed by atoms with Crippen molar-refractivity contribution >= 4 is 39.0 Å². The van der Waals surface area contributed by atoms with Crippen molar-refractivity contribution in [1.82, 2.24) is 0 Å². The lowest BCUT2D eigenvalue weighted by Gasteiger charge is -2.36. The van der Waals surface area contributed by atoms with Crippen molar-refractivity contribution in [3.63, 3.8) is 0 Å². The quantitative estimate of drug-likeness (QED) is 0.552. The lowest BCUT2D eigenvalue weighted by molar-refractivity contribution is -0.114. The number of urea groups is 1. The maximum Gasteiger partial charge on any atom is 0.343 e. The van der Waals surface area contributed by atoms with Crippen LogP contribution in [0.25, 0.3) is 0 Å². The van der Waals surface area contributed by atoms with Gasteiger partial charge in [0.25, 0.3) is 10.0 Å². The van der Waals surface area contributed by atoms with E-state index in [0.717, 1.165) is 14.8 Å². The predicted molar refractivity (Wildman–Crippen MR) is 133 cm³/mol. The van der Waals surface area contributed by atoms with Crippen molar-refractivity contribution in [1.29, 1.82) is 0 Å². The van der Waals surface area contributed by atoms with Crippen LogP contribution in [-0.2, 0) is 14.8 Å². The number of amides is 3. The van der Waals surface area contributed by atoms with E-state index in [1.165, 1.54) is 26.4 Å². The third-order valence-electron chi connectivity index (χ3n) is 5.63. The first-order valence-electron chi connectivity index (χ1n) is 10.7. The summed E-state index contributed by atoms with van der Waals surface area (Å²) in [6.45, 7) is 3.20. The highest BCUT2D eigenvalue weighted by atomic mass is 32.2. The monoisotopic (exact) mass is 495 g/mol. The van der Waals surface area contributed by atoms with E-state index in [1.54, 1.807) is 55.5 Å². The number of methoxy groups -OCH3 is 2. The van der Waals surface area contributed by atoms with Crippen LogP contribution in [0.3, 0.4) is 0 Å². The van der Waals surface area contributed by atoms with Crippen LogP contribution in [0.2, 0.25) is 0 Å². The average Bonchev–Trinajstić information content (AvgIpc) is 2.83. The van der Waals surface area contributed by atoms with E-state index in [1.807, 2.05) is 6.92 Å². The Labute approximate surface area is 203 Å². The number of nitrogens with one attached hydrogen (secondary N) is 1. The van der Waals surface area contributed by atoms with Crippen molar-refractivity contribution in [2.45, 2.75) is 18.7 Å². The summed E-state index contributed by atoms with van der Waals surface area (Å²) in [6, 6.07) is 15.3. The fraction of sp³-hybridized carbons (Fsp3) is 0.200. The summed E-state index contributed by atoms with van der Waals surface area (Å²) in [7, 11) is -1.21. The molecule has 0 aromatic heterocycles. The number of hydrogen-bond donors (Lipinski definition) is 1. The Bertz CT molecular complexity index is 1420. The maximum absolute atomic E-state index is 13.6. The summed E-state index contributed by atoms with van der Waals surface area (Å²) in [4.78, 5) is 27.7. The van der Waals surface area contributed by atoms with E-state index in [9.17, 15) is 18.0 Å². The van der Waals surface area contributed by atoms with Crippen molar-refractivity contribution in [3.05, 3.63) is 71.8 Å². The zero-order valence-electron chi connectivity index (χ0n) is 19.7. The van der Waals surface area contributed by atoms with Crippen molar-refractivity contribution in [2.24, 2.45) is 0 Å². The van der Waals surface area contributed by atoms with Gasteiger partial charge < -0.3 is 14.8 Å². The Morgan fingerprint density at radius 2 is 1.69 bits per heavy atom. The number of hydrogen-bond acceptors (Lipinski definition) is 6. The minimum Gasteiger partial charge on any atom is -0.497 e. The molecule has 3 amide bonds. The van der Waals surface area contributed by atoms with Gasteiger partial charge in [-0.1, -0.05) is 29.8 Å². The lowest BCUT2D eigenvalue weighted by Crippen LogP contribution is -2.53. The van der Waals surface area contributed by atoms with Gasteiger partial charge in [-0.05, 0) is 49.7 Å². The van der Waals surface area contributed by atoms with E-state index in [-0.39, 0.29) is 16.3 Å². The molecule has 0 aliphatic carbocycles. The third-order valence-corrected chi connectivity index (χ3v) is 7.37. The van der Waals surface area contributed by atoms with Crippen LogP contribution in [0.5, 0.6) is 11.5 Å². The molecule has 0 radical (unpaired) electrons. The molecular formula is C25H25N3O6S. The van der Waals surface area contributed by atoms with Crippen LogP contribution < -0.4 is 24.0 Å². The molecule has 3 aromatic rings. The number of carbonyl (C=O) groups excluding carboxylic acids is 2. The molecule has 35 heavy (non-hydrogen) atoms. The summed E-state index contributed by atoms with van der Waals surface area (Å²) >= 11 is 0. The molecule has 0 spiro atoms. The first kappa shape index (κ1) is 24.1.